The lowest BCUT2D eigenvalue weighted by atomic mass is 10.2. The van der Waals surface area contributed by atoms with Crippen molar-refractivity contribution in [3.8, 4) is 0 Å². The zero-order chi connectivity index (χ0) is 17.1. The van der Waals surface area contributed by atoms with E-state index in [0.29, 0.717) is 16.6 Å². The molecule has 1 saturated heterocycles. The van der Waals surface area contributed by atoms with Gasteiger partial charge >= 0.3 is 5.97 Å². The molecule has 8 heteroatoms. The van der Waals surface area contributed by atoms with Crippen LogP contribution in [0.2, 0.25) is 10.0 Å². The summed E-state index contributed by atoms with van der Waals surface area (Å²) in [5.74, 6) is -1.07. The summed E-state index contributed by atoms with van der Waals surface area (Å²) in [7, 11) is 0. The summed E-state index contributed by atoms with van der Waals surface area (Å²) in [4.78, 5) is 23.3. The Hall–Kier alpha value is -1.89. The van der Waals surface area contributed by atoms with Gasteiger partial charge in [-0.2, -0.15) is 0 Å². The average molecular weight is 367 g/mol. The van der Waals surface area contributed by atoms with Crippen LogP contribution in [0.4, 0.5) is 5.69 Å². The van der Waals surface area contributed by atoms with Gasteiger partial charge in [-0.3, -0.25) is 9.88 Å². The molecular formula is C16H16Cl2N4O2. The van der Waals surface area contributed by atoms with Crippen molar-refractivity contribution in [3.63, 3.8) is 0 Å². The number of anilines is 1. The van der Waals surface area contributed by atoms with Crippen LogP contribution in [0.1, 0.15) is 16.2 Å². The van der Waals surface area contributed by atoms with Gasteiger partial charge in [-0.15, -0.1) is 0 Å². The molecule has 126 valence electrons. The first-order chi connectivity index (χ1) is 11.5. The van der Waals surface area contributed by atoms with Crippen LogP contribution in [0, 0.1) is 0 Å². The fourth-order valence-electron chi connectivity index (χ4n) is 2.66. The summed E-state index contributed by atoms with van der Waals surface area (Å²) in [6.07, 6.45) is 2.81. The molecular weight excluding hydrogens is 351 g/mol. The van der Waals surface area contributed by atoms with Crippen LogP contribution in [0.5, 0.6) is 0 Å². The molecule has 0 aliphatic carbocycles. The number of nitrogens with zero attached hydrogens (tertiary/aromatic N) is 4. The molecule has 1 N–H and O–H groups in total. The van der Waals surface area contributed by atoms with Gasteiger partial charge in [-0.05, 0) is 18.2 Å². The van der Waals surface area contributed by atoms with Crippen molar-refractivity contribution in [1.82, 2.24) is 14.9 Å². The predicted octanol–water partition coefficient (Wildman–Crippen LogP) is 2.80. The van der Waals surface area contributed by atoms with Crippen LogP contribution < -0.4 is 4.90 Å². The van der Waals surface area contributed by atoms with Crippen molar-refractivity contribution in [2.45, 2.75) is 6.54 Å². The van der Waals surface area contributed by atoms with Crippen LogP contribution in [-0.4, -0.2) is 52.1 Å². The third-order valence-corrected chi connectivity index (χ3v) is 4.47. The predicted molar refractivity (Wildman–Crippen MR) is 92.9 cm³/mol. The maximum atomic E-state index is 10.8. The van der Waals surface area contributed by atoms with Crippen LogP contribution in [0.25, 0.3) is 0 Å². The molecule has 0 unspecified atom stereocenters. The molecule has 0 bridgehead atoms. The Kier molecular flexibility index (Phi) is 5.18. The summed E-state index contributed by atoms with van der Waals surface area (Å²) in [6, 6.07) is 5.54. The quantitative estimate of drug-likeness (QED) is 0.896. The normalized spacial score (nSPS) is 15.5. The molecule has 1 fully saturated rings. The number of aromatic nitrogens is 2. The standard InChI is InChI=1S/C16H16Cl2N4O2/c17-11-1-2-15(13(18)7-11)22-5-3-21(4-6-22)10-12-8-20-14(9-19-12)16(23)24/h1-2,7-9H,3-6,10H2,(H,23,24). The van der Waals surface area contributed by atoms with E-state index in [-0.39, 0.29) is 5.69 Å². The van der Waals surface area contributed by atoms with Crippen molar-refractivity contribution in [3.05, 3.63) is 52.0 Å². The van der Waals surface area contributed by atoms with Gasteiger partial charge < -0.3 is 10.0 Å². The molecule has 24 heavy (non-hydrogen) atoms. The van der Waals surface area contributed by atoms with Crippen molar-refractivity contribution in [2.75, 3.05) is 31.1 Å². The van der Waals surface area contributed by atoms with Gasteiger partial charge in [0.2, 0.25) is 0 Å². The molecule has 0 amide bonds. The maximum absolute atomic E-state index is 10.8. The monoisotopic (exact) mass is 366 g/mol. The lowest BCUT2D eigenvalue weighted by Crippen LogP contribution is -2.46. The highest BCUT2D eigenvalue weighted by atomic mass is 35.5. The van der Waals surface area contributed by atoms with E-state index >= 15 is 0 Å². The molecule has 1 aromatic heterocycles. The zero-order valence-corrected chi connectivity index (χ0v) is 14.3. The van der Waals surface area contributed by atoms with Gasteiger partial charge in [0.15, 0.2) is 5.69 Å². The highest BCUT2D eigenvalue weighted by molar-refractivity contribution is 6.36. The molecule has 1 aliphatic rings. The SMILES string of the molecule is O=C(O)c1cnc(CN2CCN(c3ccc(Cl)cc3Cl)CC2)cn1. The number of benzene rings is 1. The second-order valence-corrected chi connectivity index (χ2v) is 6.40. The number of aromatic carboxylic acids is 1. The van der Waals surface area contributed by atoms with E-state index in [0.717, 1.165) is 37.6 Å². The third-order valence-electron chi connectivity index (χ3n) is 3.93. The summed E-state index contributed by atoms with van der Waals surface area (Å²) in [5, 5.41) is 10.1. The minimum absolute atomic E-state index is 0.0408. The van der Waals surface area contributed by atoms with Crippen LogP contribution >= 0.6 is 23.2 Å². The Morgan fingerprint density at radius 3 is 2.46 bits per heavy atom. The van der Waals surface area contributed by atoms with Crippen molar-refractivity contribution >= 4 is 34.9 Å². The molecule has 0 atom stereocenters. The van der Waals surface area contributed by atoms with Gasteiger partial charge in [0, 0.05) is 37.7 Å². The number of carboxylic acids is 1. The van der Waals surface area contributed by atoms with Crippen molar-refractivity contribution in [2.24, 2.45) is 0 Å². The molecule has 2 heterocycles. The third kappa shape index (κ3) is 3.95. The van der Waals surface area contributed by atoms with E-state index in [1.54, 1.807) is 6.07 Å². The number of halogens is 2. The summed E-state index contributed by atoms with van der Waals surface area (Å²) in [5.41, 5.74) is 1.71. The van der Waals surface area contributed by atoms with Crippen LogP contribution in [0.3, 0.4) is 0 Å². The smallest absolute Gasteiger partial charge is 0.356 e. The van der Waals surface area contributed by atoms with Gasteiger partial charge in [0.05, 0.1) is 28.8 Å². The number of piperazine rings is 1. The molecule has 0 spiro atoms. The summed E-state index contributed by atoms with van der Waals surface area (Å²) < 4.78 is 0. The highest BCUT2D eigenvalue weighted by Gasteiger charge is 2.19. The molecule has 2 aromatic rings. The van der Waals surface area contributed by atoms with E-state index in [4.69, 9.17) is 28.3 Å². The van der Waals surface area contributed by atoms with Crippen LogP contribution in [-0.2, 0) is 6.54 Å². The Morgan fingerprint density at radius 2 is 1.88 bits per heavy atom. The van der Waals surface area contributed by atoms with E-state index in [9.17, 15) is 4.79 Å². The first-order valence-electron chi connectivity index (χ1n) is 7.49. The summed E-state index contributed by atoms with van der Waals surface area (Å²) in [6.45, 7) is 4.07. The summed E-state index contributed by atoms with van der Waals surface area (Å²) >= 11 is 12.2. The Morgan fingerprint density at radius 1 is 1.12 bits per heavy atom. The van der Waals surface area contributed by atoms with E-state index in [2.05, 4.69) is 19.8 Å². The first-order valence-corrected chi connectivity index (χ1v) is 8.25. The Bertz CT molecular complexity index is 731. The molecule has 0 radical (unpaired) electrons. The highest BCUT2D eigenvalue weighted by Crippen LogP contribution is 2.29. The fraction of sp³-hybridized carbons (Fsp3) is 0.312. The van der Waals surface area contributed by atoms with Gasteiger partial charge in [-0.25, -0.2) is 9.78 Å². The zero-order valence-electron chi connectivity index (χ0n) is 12.8. The Balaban J connectivity index is 1.58. The minimum atomic E-state index is -1.07. The molecule has 6 nitrogen and oxygen atoms in total. The van der Waals surface area contributed by atoms with Gasteiger partial charge in [0.1, 0.15) is 0 Å². The van der Waals surface area contributed by atoms with E-state index in [1.165, 1.54) is 12.4 Å². The second kappa shape index (κ2) is 7.34. The second-order valence-electron chi connectivity index (χ2n) is 5.56. The minimum Gasteiger partial charge on any atom is -0.476 e. The first kappa shape index (κ1) is 17.0. The lowest BCUT2D eigenvalue weighted by Gasteiger charge is -2.36. The number of hydrogen-bond acceptors (Lipinski definition) is 5. The Labute approximate surface area is 149 Å². The van der Waals surface area contributed by atoms with Crippen LogP contribution in [0.15, 0.2) is 30.6 Å². The molecule has 3 rings (SSSR count). The fourth-order valence-corrected chi connectivity index (χ4v) is 3.19. The lowest BCUT2D eigenvalue weighted by molar-refractivity contribution is 0.0690. The number of carbonyl (C=O) groups is 1. The van der Waals surface area contributed by atoms with E-state index in [1.807, 2.05) is 12.1 Å². The maximum Gasteiger partial charge on any atom is 0.356 e. The van der Waals surface area contributed by atoms with E-state index < -0.39 is 5.97 Å². The number of carboxylic acid groups (broad SMARTS) is 1. The number of rotatable bonds is 4. The van der Waals surface area contributed by atoms with Crippen molar-refractivity contribution in [1.29, 1.82) is 0 Å². The van der Waals surface area contributed by atoms with Crippen molar-refractivity contribution < 1.29 is 9.90 Å². The van der Waals surface area contributed by atoms with Gasteiger partial charge in [-0.1, -0.05) is 23.2 Å². The molecule has 1 aliphatic heterocycles. The average Bonchev–Trinajstić information content (AvgIpc) is 2.56. The topological polar surface area (TPSA) is 69.6 Å². The van der Waals surface area contributed by atoms with Gasteiger partial charge in [0.25, 0.3) is 0 Å². The largest absolute Gasteiger partial charge is 0.476 e. The molecule has 0 saturated carbocycles. The molecule has 1 aromatic carbocycles. The number of hydrogen-bond donors (Lipinski definition) is 1.